The van der Waals surface area contributed by atoms with Gasteiger partial charge >= 0.3 is 0 Å². The molecular weight excluding hydrogens is 364 g/mol. The van der Waals surface area contributed by atoms with Crippen LogP contribution in [0, 0.1) is 13.8 Å². The summed E-state index contributed by atoms with van der Waals surface area (Å²) in [6.07, 6.45) is 1.67. The van der Waals surface area contributed by atoms with Crippen LogP contribution in [0.2, 0.25) is 0 Å². The molecule has 1 aliphatic rings. The molecule has 150 valence electrons. The van der Waals surface area contributed by atoms with Gasteiger partial charge in [0.25, 0.3) is 5.91 Å². The summed E-state index contributed by atoms with van der Waals surface area (Å²) in [6.45, 7) is 9.35. The number of fused-ring (bicyclic) bond motifs is 1. The molecule has 0 atom stereocenters. The standard InChI is InChI=1S/C23H26N4O2/c1-4-25-15-19(21(28)18-10-9-17(3)24-22(18)25)23(29)27-13-11-26(12-14-27)20-8-6-5-7-16(20)2/h5-10,15H,4,11-14H2,1-3H3. The summed E-state index contributed by atoms with van der Waals surface area (Å²) in [7, 11) is 0. The van der Waals surface area contributed by atoms with Crippen LogP contribution >= 0.6 is 0 Å². The highest BCUT2D eigenvalue weighted by atomic mass is 16.2. The van der Waals surface area contributed by atoms with Gasteiger partial charge in [0.2, 0.25) is 5.43 Å². The highest BCUT2D eigenvalue weighted by Crippen LogP contribution is 2.21. The topological polar surface area (TPSA) is 58.4 Å². The molecule has 2 aromatic heterocycles. The quantitative estimate of drug-likeness (QED) is 0.690. The smallest absolute Gasteiger partial charge is 0.259 e. The van der Waals surface area contributed by atoms with Gasteiger partial charge in [-0.05, 0) is 44.5 Å². The van der Waals surface area contributed by atoms with Crippen LogP contribution < -0.4 is 10.3 Å². The van der Waals surface area contributed by atoms with Gasteiger partial charge in [-0.15, -0.1) is 0 Å². The summed E-state index contributed by atoms with van der Waals surface area (Å²) >= 11 is 0. The number of pyridine rings is 2. The fourth-order valence-corrected chi connectivity index (χ4v) is 3.99. The van der Waals surface area contributed by atoms with Crippen LogP contribution in [-0.4, -0.2) is 46.5 Å². The molecule has 3 heterocycles. The summed E-state index contributed by atoms with van der Waals surface area (Å²) in [5.74, 6) is -0.191. The molecule has 1 saturated heterocycles. The van der Waals surface area contributed by atoms with E-state index in [-0.39, 0.29) is 16.9 Å². The van der Waals surface area contributed by atoms with Gasteiger partial charge in [-0.2, -0.15) is 0 Å². The number of hydrogen-bond donors (Lipinski definition) is 0. The first-order chi connectivity index (χ1) is 14.0. The van der Waals surface area contributed by atoms with Crippen molar-refractivity contribution in [2.75, 3.05) is 31.1 Å². The minimum absolute atomic E-state index is 0.191. The Morgan fingerprint density at radius 1 is 1.03 bits per heavy atom. The minimum atomic E-state index is -0.233. The first-order valence-electron chi connectivity index (χ1n) is 10.1. The summed E-state index contributed by atoms with van der Waals surface area (Å²) in [5, 5.41) is 0.502. The summed E-state index contributed by atoms with van der Waals surface area (Å²) in [5.41, 5.74) is 3.93. The van der Waals surface area contributed by atoms with E-state index in [0.717, 1.165) is 18.8 Å². The zero-order valence-electron chi connectivity index (χ0n) is 17.2. The molecule has 0 radical (unpaired) electrons. The Hall–Kier alpha value is -3.15. The van der Waals surface area contributed by atoms with Crippen molar-refractivity contribution in [3.8, 4) is 0 Å². The number of carbonyl (C=O) groups is 1. The third kappa shape index (κ3) is 3.50. The van der Waals surface area contributed by atoms with Crippen LogP contribution in [0.15, 0.2) is 47.4 Å². The first-order valence-corrected chi connectivity index (χ1v) is 10.1. The van der Waals surface area contributed by atoms with E-state index in [4.69, 9.17) is 0 Å². The maximum atomic E-state index is 13.2. The van der Waals surface area contributed by atoms with Crippen molar-refractivity contribution in [3.05, 3.63) is 69.6 Å². The maximum absolute atomic E-state index is 13.2. The Labute approximate surface area is 170 Å². The highest BCUT2D eigenvalue weighted by Gasteiger charge is 2.25. The first kappa shape index (κ1) is 19.2. The average Bonchev–Trinajstić information content (AvgIpc) is 2.74. The Bertz CT molecular complexity index is 1130. The Morgan fingerprint density at radius 2 is 1.76 bits per heavy atom. The molecule has 3 aromatic rings. The van der Waals surface area contributed by atoms with E-state index >= 15 is 0 Å². The SMILES string of the molecule is CCn1cc(C(=O)N2CCN(c3ccccc3C)CC2)c(=O)c2ccc(C)nc21. The number of piperazine rings is 1. The number of aryl methyl sites for hydroxylation is 3. The van der Waals surface area contributed by atoms with Crippen molar-refractivity contribution in [1.82, 2.24) is 14.5 Å². The van der Waals surface area contributed by atoms with Gasteiger partial charge in [0.05, 0.1) is 5.39 Å². The van der Waals surface area contributed by atoms with E-state index in [9.17, 15) is 9.59 Å². The van der Waals surface area contributed by atoms with Crippen LogP contribution in [0.4, 0.5) is 5.69 Å². The molecule has 0 unspecified atom stereocenters. The fourth-order valence-electron chi connectivity index (χ4n) is 3.99. The number of nitrogens with zero attached hydrogens (tertiary/aromatic N) is 4. The van der Waals surface area contributed by atoms with Crippen LogP contribution in [0.1, 0.15) is 28.5 Å². The molecule has 0 N–H and O–H groups in total. The number of aromatic nitrogens is 2. The minimum Gasteiger partial charge on any atom is -0.368 e. The Morgan fingerprint density at radius 3 is 2.45 bits per heavy atom. The molecule has 6 heteroatoms. The van der Waals surface area contributed by atoms with Gasteiger partial charge in [0.1, 0.15) is 11.2 Å². The summed E-state index contributed by atoms with van der Waals surface area (Å²) in [6, 6.07) is 11.9. The fraction of sp³-hybridized carbons (Fsp3) is 0.348. The van der Waals surface area contributed by atoms with Crippen molar-refractivity contribution in [2.45, 2.75) is 27.3 Å². The third-order valence-corrected chi connectivity index (χ3v) is 5.65. The number of anilines is 1. The van der Waals surface area contributed by atoms with E-state index < -0.39 is 0 Å². The van der Waals surface area contributed by atoms with Gasteiger partial charge in [-0.1, -0.05) is 18.2 Å². The zero-order valence-corrected chi connectivity index (χ0v) is 17.2. The van der Waals surface area contributed by atoms with E-state index in [0.29, 0.717) is 30.7 Å². The summed E-state index contributed by atoms with van der Waals surface area (Å²) in [4.78, 5) is 34.8. The predicted octanol–water partition coefficient (Wildman–Crippen LogP) is 3.00. The normalized spacial score (nSPS) is 14.4. The van der Waals surface area contributed by atoms with E-state index in [2.05, 4.69) is 28.9 Å². The van der Waals surface area contributed by atoms with Gasteiger partial charge in [-0.25, -0.2) is 4.98 Å². The average molecular weight is 390 g/mol. The molecule has 4 rings (SSSR count). The van der Waals surface area contributed by atoms with Gasteiger partial charge < -0.3 is 14.4 Å². The van der Waals surface area contributed by atoms with Crippen molar-refractivity contribution < 1.29 is 4.79 Å². The summed E-state index contributed by atoms with van der Waals surface area (Å²) < 4.78 is 1.89. The van der Waals surface area contributed by atoms with Crippen molar-refractivity contribution in [2.24, 2.45) is 0 Å². The molecule has 0 saturated carbocycles. The monoisotopic (exact) mass is 390 g/mol. The molecule has 1 fully saturated rings. The lowest BCUT2D eigenvalue weighted by atomic mass is 10.1. The van der Waals surface area contributed by atoms with Crippen molar-refractivity contribution >= 4 is 22.6 Å². The van der Waals surface area contributed by atoms with Crippen LogP contribution in [0.5, 0.6) is 0 Å². The number of benzene rings is 1. The van der Waals surface area contributed by atoms with Gasteiger partial charge in [0, 0.05) is 50.3 Å². The Balaban J connectivity index is 1.60. The number of para-hydroxylation sites is 1. The second kappa shape index (κ2) is 7.70. The number of amides is 1. The molecule has 0 bridgehead atoms. The number of rotatable bonds is 3. The lowest BCUT2D eigenvalue weighted by Crippen LogP contribution is -2.49. The molecule has 0 spiro atoms. The van der Waals surface area contributed by atoms with E-state index in [1.165, 1.54) is 11.3 Å². The molecule has 29 heavy (non-hydrogen) atoms. The predicted molar refractivity (Wildman–Crippen MR) is 116 cm³/mol. The lowest BCUT2D eigenvalue weighted by molar-refractivity contribution is 0.0745. The van der Waals surface area contributed by atoms with Crippen molar-refractivity contribution in [1.29, 1.82) is 0 Å². The Kier molecular flexibility index (Phi) is 5.09. The maximum Gasteiger partial charge on any atom is 0.259 e. The second-order valence-electron chi connectivity index (χ2n) is 7.55. The van der Waals surface area contributed by atoms with Crippen LogP contribution in [0.25, 0.3) is 11.0 Å². The highest BCUT2D eigenvalue weighted by molar-refractivity contribution is 5.97. The largest absolute Gasteiger partial charge is 0.368 e. The van der Waals surface area contributed by atoms with Crippen LogP contribution in [0.3, 0.4) is 0 Å². The lowest BCUT2D eigenvalue weighted by Gasteiger charge is -2.36. The molecule has 1 aliphatic heterocycles. The second-order valence-corrected chi connectivity index (χ2v) is 7.55. The number of hydrogen-bond acceptors (Lipinski definition) is 4. The number of carbonyl (C=O) groups excluding carboxylic acids is 1. The molecule has 0 aliphatic carbocycles. The van der Waals surface area contributed by atoms with Crippen molar-refractivity contribution in [3.63, 3.8) is 0 Å². The zero-order chi connectivity index (χ0) is 20.5. The van der Waals surface area contributed by atoms with E-state index in [1.807, 2.05) is 36.6 Å². The van der Waals surface area contributed by atoms with Crippen LogP contribution in [-0.2, 0) is 6.54 Å². The van der Waals surface area contributed by atoms with Gasteiger partial charge in [-0.3, -0.25) is 9.59 Å². The third-order valence-electron chi connectivity index (χ3n) is 5.65. The molecule has 6 nitrogen and oxygen atoms in total. The van der Waals surface area contributed by atoms with E-state index in [1.54, 1.807) is 17.2 Å². The molecule has 1 amide bonds. The van der Waals surface area contributed by atoms with Gasteiger partial charge in [0.15, 0.2) is 0 Å². The molecular formula is C23H26N4O2. The molecule has 1 aromatic carbocycles.